The molecule has 0 aliphatic carbocycles. The number of carbonyl (C=O) groups excluding carboxylic acids is 3. The summed E-state index contributed by atoms with van der Waals surface area (Å²) in [6, 6.07) is 0. The molecule has 14 heavy (non-hydrogen) atoms. The summed E-state index contributed by atoms with van der Waals surface area (Å²) in [5.74, 6) is -0.653. The fourth-order valence-corrected chi connectivity index (χ4v) is 0.496. The molecule has 0 heterocycles. The number of nitrogens with zero attached hydrogens (tertiary/aromatic N) is 1. The molecule has 4 nitrogen and oxygen atoms in total. The van der Waals surface area contributed by atoms with Gasteiger partial charge in [-0.05, 0) is 0 Å². The number of carbonyl (C=O) groups is 3. The van der Waals surface area contributed by atoms with Gasteiger partial charge in [-0.25, -0.2) is 0 Å². The van der Waals surface area contributed by atoms with Crippen molar-refractivity contribution in [1.82, 2.24) is 4.90 Å². The van der Waals surface area contributed by atoms with E-state index in [1.165, 1.54) is 4.90 Å². The van der Waals surface area contributed by atoms with Gasteiger partial charge in [0.25, 0.3) is 0 Å². The molecule has 0 atom stereocenters. The second-order valence-corrected chi connectivity index (χ2v) is 3.36. The van der Waals surface area contributed by atoms with Gasteiger partial charge in [0.2, 0.25) is 12.2 Å². The van der Waals surface area contributed by atoms with Crippen molar-refractivity contribution < 1.29 is 14.4 Å². The molecular formula is C10H19NO3. The van der Waals surface area contributed by atoms with E-state index in [-0.39, 0.29) is 17.5 Å². The second-order valence-electron chi connectivity index (χ2n) is 3.36. The van der Waals surface area contributed by atoms with Gasteiger partial charge in [0.15, 0.2) is 5.78 Å². The molecule has 82 valence electrons. The first-order valence-corrected chi connectivity index (χ1v) is 4.55. The number of amides is 1. The molecule has 0 aliphatic heterocycles. The van der Waals surface area contributed by atoms with E-state index in [0.29, 0.717) is 6.42 Å². The van der Waals surface area contributed by atoms with Gasteiger partial charge in [0, 0.05) is 26.4 Å². The Morgan fingerprint density at radius 3 is 1.71 bits per heavy atom. The van der Waals surface area contributed by atoms with Crippen LogP contribution in [-0.4, -0.2) is 37.0 Å². The minimum atomic E-state index is -0.259. The molecule has 0 aromatic rings. The molecular weight excluding hydrogens is 182 g/mol. The van der Waals surface area contributed by atoms with Crippen LogP contribution in [0, 0.1) is 5.92 Å². The summed E-state index contributed by atoms with van der Waals surface area (Å²) in [5.41, 5.74) is 0. The van der Waals surface area contributed by atoms with E-state index in [9.17, 15) is 14.4 Å². The first-order chi connectivity index (χ1) is 6.36. The molecule has 0 spiro atoms. The zero-order valence-electron chi connectivity index (χ0n) is 9.53. The van der Waals surface area contributed by atoms with Crippen molar-refractivity contribution in [2.24, 2.45) is 5.92 Å². The Kier molecular flexibility index (Phi) is 9.18. The SMILES string of the molecule is CCC(=O)C(=O)C(C)C.CN(C)C=O. The summed E-state index contributed by atoms with van der Waals surface area (Å²) in [4.78, 5) is 32.2. The van der Waals surface area contributed by atoms with Gasteiger partial charge in [-0.2, -0.15) is 0 Å². The third kappa shape index (κ3) is 8.90. The highest BCUT2D eigenvalue weighted by Crippen LogP contribution is 1.96. The van der Waals surface area contributed by atoms with E-state index < -0.39 is 0 Å². The van der Waals surface area contributed by atoms with Crippen molar-refractivity contribution in [3.63, 3.8) is 0 Å². The summed E-state index contributed by atoms with van der Waals surface area (Å²) < 4.78 is 0. The van der Waals surface area contributed by atoms with Crippen molar-refractivity contribution in [2.75, 3.05) is 14.1 Å². The highest BCUT2D eigenvalue weighted by Gasteiger charge is 2.14. The number of hydrogen-bond donors (Lipinski definition) is 0. The van der Waals surface area contributed by atoms with Crippen LogP contribution < -0.4 is 0 Å². The molecule has 0 saturated heterocycles. The molecule has 4 heteroatoms. The largest absolute Gasteiger partial charge is 0.351 e. The molecule has 1 amide bonds. The van der Waals surface area contributed by atoms with E-state index in [1.54, 1.807) is 34.9 Å². The van der Waals surface area contributed by atoms with Crippen LogP contribution in [0.15, 0.2) is 0 Å². The molecule has 0 radical (unpaired) electrons. The zero-order valence-corrected chi connectivity index (χ0v) is 9.53. The van der Waals surface area contributed by atoms with Crippen molar-refractivity contribution in [3.05, 3.63) is 0 Å². The monoisotopic (exact) mass is 201 g/mol. The Morgan fingerprint density at radius 1 is 1.29 bits per heavy atom. The topological polar surface area (TPSA) is 54.5 Å². The summed E-state index contributed by atoms with van der Waals surface area (Å²) in [6.45, 7) is 5.16. The first-order valence-electron chi connectivity index (χ1n) is 4.55. The molecule has 0 rings (SSSR count). The molecule has 0 unspecified atom stereocenters. The minimum absolute atomic E-state index is 0.141. The maximum atomic E-state index is 10.7. The summed E-state index contributed by atoms with van der Waals surface area (Å²) in [5, 5.41) is 0. The van der Waals surface area contributed by atoms with Crippen molar-refractivity contribution in [1.29, 1.82) is 0 Å². The van der Waals surface area contributed by atoms with E-state index >= 15 is 0 Å². The number of hydrogen-bond acceptors (Lipinski definition) is 3. The van der Waals surface area contributed by atoms with E-state index in [0.717, 1.165) is 6.41 Å². The van der Waals surface area contributed by atoms with Crippen LogP contribution in [0.5, 0.6) is 0 Å². The third-order valence-corrected chi connectivity index (χ3v) is 1.33. The molecule has 0 fully saturated rings. The predicted molar refractivity (Wildman–Crippen MR) is 54.9 cm³/mol. The van der Waals surface area contributed by atoms with Crippen LogP contribution >= 0.6 is 0 Å². The molecule has 0 saturated carbocycles. The first kappa shape index (κ1) is 15.3. The van der Waals surface area contributed by atoms with E-state index in [2.05, 4.69) is 0 Å². The van der Waals surface area contributed by atoms with Crippen molar-refractivity contribution >= 4 is 18.0 Å². The van der Waals surface area contributed by atoms with Gasteiger partial charge in [-0.3, -0.25) is 14.4 Å². The van der Waals surface area contributed by atoms with Crippen molar-refractivity contribution in [3.8, 4) is 0 Å². The summed E-state index contributed by atoms with van der Waals surface area (Å²) in [6.07, 6.45) is 1.08. The number of Topliss-reactive ketones (excluding diaryl/α,β-unsaturated/α-hetero) is 2. The lowest BCUT2D eigenvalue weighted by atomic mass is 10.0. The molecule has 0 bridgehead atoms. The van der Waals surface area contributed by atoms with Gasteiger partial charge in [0.1, 0.15) is 0 Å². The maximum absolute atomic E-state index is 10.7. The summed E-state index contributed by atoms with van der Waals surface area (Å²) >= 11 is 0. The Bertz CT molecular complexity index is 198. The highest BCUT2D eigenvalue weighted by atomic mass is 16.2. The van der Waals surface area contributed by atoms with Crippen molar-refractivity contribution in [2.45, 2.75) is 27.2 Å². The van der Waals surface area contributed by atoms with Gasteiger partial charge in [-0.15, -0.1) is 0 Å². The number of ketones is 2. The smallest absolute Gasteiger partial charge is 0.209 e. The Hall–Kier alpha value is -1.19. The van der Waals surface area contributed by atoms with Gasteiger partial charge >= 0.3 is 0 Å². The van der Waals surface area contributed by atoms with E-state index in [4.69, 9.17) is 0 Å². The van der Waals surface area contributed by atoms with Gasteiger partial charge < -0.3 is 4.90 Å². The summed E-state index contributed by atoms with van der Waals surface area (Å²) in [7, 11) is 3.38. The molecule has 0 aromatic carbocycles. The fraction of sp³-hybridized carbons (Fsp3) is 0.700. The average molecular weight is 201 g/mol. The Balaban J connectivity index is 0. The normalized spacial score (nSPS) is 8.71. The maximum Gasteiger partial charge on any atom is 0.209 e. The lowest BCUT2D eigenvalue weighted by Gasteiger charge is -1.98. The van der Waals surface area contributed by atoms with Crippen LogP contribution in [0.3, 0.4) is 0 Å². The molecule has 0 N–H and O–H groups in total. The Labute approximate surface area is 85.3 Å². The van der Waals surface area contributed by atoms with Crippen LogP contribution in [0.1, 0.15) is 27.2 Å². The van der Waals surface area contributed by atoms with Gasteiger partial charge in [0.05, 0.1) is 0 Å². The standard InChI is InChI=1S/C7H12O2.C3H7NO/c1-4-6(8)7(9)5(2)3;1-4(2)3-5/h5H,4H2,1-3H3;3H,1-2H3. The van der Waals surface area contributed by atoms with Crippen LogP contribution in [-0.2, 0) is 14.4 Å². The fourth-order valence-electron chi connectivity index (χ4n) is 0.496. The lowest BCUT2D eigenvalue weighted by molar-refractivity contribution is -0.138. The highest BCUT2D eigenvalue weighted by molar-refractivity contribution is 6.37. The molecule has 0 aliphatic rings. The number of rotatable bonds is 4. The van der Waals surface area contributed by atoms with Crippen LogP contribution in [0.4, 0.5) is 0 Å². The zero-order chi connectivity index (χ0) is 11.7. The lowest BCUT2D eigenvalue weighted by Crippen LogP contribution is -2.18. The third-order valence-electron chi connectivity index (χ3n) is 1.33. The quantitative estimate of drug-likeness (QED) is 0.501. The molecule has 0 aromatic heterocycles. The Morgan fingerprint density at radius 2 is 1.64 bits per heavy atom. The average Bonchev–Trinajstić information content (AvgIpc) is 2.16. The second kappa shape index (κ2) is 8.41. The minimum Gasteiger partial charge on any atom is -0.351 e. The van der Waals surface area contributed by atoms with Crippen LogP contribution in [0.2, 0.25) is 0 Å². The predicted octanol–water partition coefficient (Wildman–Crippen LogP) is 0.895. The van der Waals surface area contributed by atoms with Gasteiger partial charge in [-0.1, -0.05) is 20.8 Å². The van der Waals surface area contributed by atoms with E-state index in [1.807, 2.05) is 0 Å². The van der Waals surface area contributed by atoms with Crippen LogP contribution in [0.25, 0.3) is 0 Å².